The maximum atomic E-state index is 12.6. The number of pyridine rings is 1. The number of hydrogen-bond donors (Lipinski definition) is 1. The van der Waals surface area contributed by atoms with Crippen LogP contribution in [0.15, 0.2) is 36.5 Å². The predicted octanol–water partition coefficient (Wildman–Crippen LogP) is 3.41. The summed E-state index contributed by atoms with van der Waals surface area (Å²) in [5.74, 6) is 1.49. The summed E-state index contributed by atoms with van der Waals surface area (Å²) in [6.45, 7) is 4.67. The van der Waals surface area contributed by atoms with Gasteiger partial charge in [0, 0.05) is 43.5 Å². The van der Waals surface area contributed by atoms with Gasteiger partial charge in [-0.3, -0.25) is 0 Å². The van der Waals surface area contributed by atoms with Crippen molar-refractivity contribution in [1.82, 2.24) is 9.88 Å². The fourth-order valence-electron chi connectivity index (χ4n) is 2.80. The van der Waals surface area contributed by atoms with Gasteiger partial charge in [0.2, 0.25) is 0 Å². The molecule has 0 saturated carbocycles. The first-order valence-electron chi connectivity index (χ1n) is 8.14. The van der Waals surface area contributed by atoms with E-state index in [9.17, 15) is 4.79 Å². The largest absolute Gasteiger partial charge is 0.495 e. The van der Waals surface area contributed by atoms with Gasteiger partial charge in [0.15, 0.2) is 0 Å². The van der Waals surface area contributed by atoms with Gasteiger partial charge in [-0.15, -0.1) is 0 Å². The van der Waals surface area contributed by atoms with Crippen LogP contribution in [0.1, 0.15) is 5.56 Å². The standard InChI is InChI=1S/C18H21ClN4O2/c1-13-11-15(16(25-2)12-14(13)19)21-18(24)23-9-7-22(8-10-23)17-5-3-4-6-20-17/h3-6,11-12H,7-10H2,1-2H3,(H,21,24). The molecule has 1 aliphatic rings. The molecule has 0 aliphatic carbocycles. The molecule has 0 radical (unpaired) electrons. The van der Waals surface area contributed by atoms with Gasteiger partial charge in [-0.2, -0.15) is 0 Å². The number of urea groups is 1. The molecule has 0 bridgehead atoms. The van der Waals surface area contributed by atoms with Crippen LogP contribution in [0.25, 0.3) is 0 Å². The Morgan fingerprint density at radius 3 is 2.64 bits per heavy atom. The molecular weight excluding hydrogens is 340 g/mol. The molecule has 2 heterocycles. The molecule has 1 aromatic heterocycles. The van der Waals surface area contributed by atoms with E-state index < -0.39 is 0 Å². The molecule has 1 aromatic carbocycles. The number of aryl methyl sites for hydroxylation is 1. The molecule has 0 atom stereocenters. The van der Waals surface area contributed by atoms with E-state index in [1.54, 1.807) is 24.3 Å². The van der Waals surface area contributed by atoms with Crippen molar-refractivity contribution in [1.29, 1.82) is 0 Å². The normalized spacial score (nSPS) is 14.4. The maximum absolute atomic E-state index is 12.6. The van der Waals surface area contributed by atoms with Crippen molar-refractivity contribution in [2.24, 2.45) is 0 Å². The van der Waals surface area contributed by atoms with Gasteiger partial charge in [-0.05, 0) is 30.7 Å². The zero-order chi connectivity index (χ0) is 17.8. The van der Waals surface area contributed by atoms with Gasteiger partial charge in [0.1, 0.15) is 11.6 Å². The van der Waals surface area contributed by atoms with Gasteiger partial charge in [0.05, 0.1) is 12.8 Å². The first-order valence-corrected chi connectivity index (χ1v) is 8.52. The Labute approximate surface area is 152 Å². The number of benzene rings is 1. The molecule has 25 heavy (non-hydrogen) atoms. The van der Waals surface area contributed by atoms with E-state index in [0.717, 1.165) is 24.5 Å². The quantitative estimate of drug-likeness (QED) is 0.911. The number of hydrogen-bond acceptors (Lipinski definition) is 4. The zero-order valence-corrected chi connectivity index (χ0v) is 15.1. The summed E-state index contributed by atoms with van der Waals surface area (Å²) in [4.78, 5) is 20.9. The van der Waals surface area contributed by atoms with Crippen molar-refractivity contribution in [2.75, 3.05) is 43.5 Å². The fraction of sp³-hybridized carbons (Fsp3) is 0.333. The van der Waals surface area contributed by atoms with Gasteiger partial charge in [-0.1, -0.05) is 17.7 Å². The molecule has 1 saturated heterocycles. The number of rotatable bonds is 3. The van der Waals surface area contributed by atoms with Crippen LogP contribution in [0.5, 0.6) is 5.75 Å². The van der Waals surface area contributed by atoms with Crippen LogP contribution >= 0.6 is 11.6 Å². The van der Waals surface area contributed by atoms with Crippen molar-refractivity contribution < 1.29 is 9.53 Å². The number of aromatic nitrogens is 1. The lowest BCUT2D eigenvalue weighted by atomic mass is 10.2. The summed E-state index contributed by atoms with van der Waals surface area (Å²) in [5.41, 5.74) is 1.51. The number of ether oxygens (including phenoxy) is 1. The van der Waals surface area contributed by atoms with Crippen molar-refractivity contribution in [3.63, 3.8) is 0 Å². The first-order chi connectivity index (χ1) is 12.1. The number of methoxy groups -OCH3 is 1. The average molecular weight is 361 g/mol. The molecule has 1 N–H and O–H groups in total. The van der Waals surface area contributed by atoms with Crippen LogP contribution in [0.4, 0.5) is 16.3 Å². The highest BCUT2D eigenvalue weighted by Crippen LogP contribution is 2.31. The van der Waals surface area contributed by atoms with Crippen molar-refractivity contribution in [2.45, 2.75) is 6.92 Å². The SMILES string of the molecule is COc1cc(Cl)c(C)cc1NC(=O)N1CCN(c2ccccn2)CC1. The lowest BCUT2D eigenvalue weighted by molar-refractivity contribution is 0.208. The second-order valence-electron chi connectivity index (χ2n) is 5.89. The van der Waals surface area contributed by atoms with Crippen molar-refractivity contribution in [3.8, 4) is 5.75 Å². The molecule has 3 rings (SSSR count). The van der Waals surface area contributed by atoms with Crippen LogP contribution < -0.4 is 15.0 Å². The summed E-state index contributed by atoms with van der Waals surface area (Å²) in [5, 5.41) is 3.53. The minimum atomic E-state index is -0.138. The van der Waals surface area contributed by atoms with Gasteiger partial charge in [0.25, 0.3) is 0 Å². The summed E-state index contributed by atoms with van der Waals surface area (Å²) < 4.78 is 5.31. The molecule has 7 heteroatoms. The number of anilines is 2. The number of carbonyl (C=O) groups excluding carboxylic acids is 1. The van der Waals surface area contributed by atoms with E-state index in [-0.39, 0.29) is 6.03 Å². The van der Waals surface area contributed by atoms with E-state index in [1.165, 1.54) is 0 Å². The number of nitrogens with one attached hydrogen (secondary N) is 1. The number of carbonyl (C=O) groups is 1. The minimum absolute atomic E-state index is 0.138. The molecule has 0 spiro atoms. The second-order valence-corrected chi connectivity index (χ2v) is 6.30. The third kappa shape index (κ3) is 3.96. The zero-order valence-electron chi connectivity index (χ0n) is 14.3. The van der Waals surface area contributed by atoms with E-state index >= 15 is 0 Å². The third-order valence-electron chi connectivity index (χ3n) is 4.26. The lowest BCUT2D eigenvalue weighted by Gasteiger charge is -2.35. The Hall–Kier alpha value is -2.47. The van der Waals surface area contributed by atoms with Crippen LogP contribution in [-0.2, 0) is 0 Å². The molecular formula is C18H21ClN4O2. The van der Waals surface area contributed by atoms with Crippen LogP contribution in [0.2, 0.25) is 5.02 Å². The Kier molecular flexibility index (Phi) is 5.28. The molecule has 0 unspecified atom stereocenters. The highest BCUT2D eigenvalue weighted by atomic mass is 35.5. The summed E-state index contributed by atoms with van der Waals surface area (Å²) in [7, 11) is 1.56. The van der Waals surface area contributed by atoms with Crippen LogP contribution in [0.3, 0.4) is 0 Å². The van der Waals surface area contributed by atoms with Gasteiger partial charge < -0.3 is 19.9 Å². The van der Waals surface area contributed by atoms with E-state index in [0.29, 0.717) is 29.5 Å². The number of nitrogens with zero attached hydrogens (tertiary/aromatic N) is 3. The van der Waals surface area contributed by atoms with Gasteiger partial charge >= 0.3 is 6.03 Å². The van der Waals surface area contributed by atoms with E-state index in [2.05, 4.69) is 15.2 Å². The lowest BCUT2D eigenvalue weighted by Crippen LogP contribution is -2.50. The third-order valence-corrected chi connectivity index (χ3v) is 4.67. The van der Waals surface area contributed by atoms with E-state index in [1.807, 2.05) is 31.2 Å². The summed E-state index contributed by atoms with van der Waals surface area (Å²) >= 11 is 6.11. The topological polar surface area (TPSA) is 57.7 Å². The molecule has 1 aliphatic heterocycles. The fourth-order valence-corrected chi connectivity index (χ4v) is 2.96. The van der Waals surface area contributed by atoms with Crippen molar-refractivity contribution in [3.05, 3.63) is 47.1 Å². The minimum Gasteiger partial charge on any atom is -0.495 e. The highest BCUT2D eigenvalue weighted by Gasteiger charge is 2.22. The summed E-state index contributed by atoms with van der Waals surface area (Å²) in [6, 6.07) is 9.25. The average Bonchev–Trinajstić information content (AvgIpc) is 2.65. The number of piperazine rings is 1. The molecule has 2 amide bonds. The van der Waals surface area contributed by atoms with Crippen LogP contribution in [0, 0.1) is 6.92 Å². The first kappa shape index (κ1) is 17.4. The number of halogens is 1. The Balaban J connectivity index is 1.63. The van der Waals surface area contributed by atoms with E-state index in [4.69, 9.17) is 16.3 Å². The monoisotopic (exact) mass is 360 g/mol. The van der Waals surface area contributed by atoms with Crippen molar-refractivity contribution >= 4 is 29.1 Å². The Bertz CT molecular complexity index is 746. The molecule has 132 valence electrons. The Morgan fingerprint density at radius 1 is 1.24 bits per heavy atom. The maximum Gasteiger partial charge on any atom is 0.322 e. The number of amides is 2. The van der Waals surface area contributed by atoms with Gasteiger partial charge in [-0.25, -0.2) is 9.78 Å². The Morgan fingerprint density at radius 2 is 2.00 bits per heavy atom. The second kappa shape index (κ2) is 7.61. The summed E-state index contributed by atoms with van der Waals surface area (Å²) in [6.07, 6.45) is 1.78. The molecule has 1 fully saturated rings. The van der Waals surface area contributed by atoms with Crippen LogP contribution in [-0.4, -0.2) is 49.2 Å². The molecule has 2 aromatic rings. The molecule has 6 nitrogen and oxygen atoms in total. The smallest absolute Gasteiger partial charge is 0.322 e. The highest BCUT2D eigenvalue weighted by molar-refractivity contribution is 6.31. The predicted molar refractivity (Wildman–Crippen MR) is 99.8 cm³/mol.